The predicted octanol–water partition coefficient (Wildman–Crippen LogP) is 2.96. The second-order valence-electron chi connectivity index (χ2n) is 7.04. The van der Waals surface area contributed by atoms with Crippen molar-refractivity contribution in [2.45, 2.75) is 32.6 Å². The van der Waals surface area contributed by atoms with Crippen LogP contribution in [0.2, 0.25) is 0 Å². The Bertz CT molecular complexity index is 968. The first kappa shape index (κ1) is 20.5. The first-order valence-electron chi connectivity index (χ1n) is 10.0. The molecular formula is C22H27N5O2. The van der Waals surface area contributed by atoms with E-state index in [0.717, 1.165) is 31.2 Å². The van der Waals surface area contributed by atoms with Crippen molar-refractivity contribution in [3.63, 3.8) is 0 Å². The van der Waals surface area contributed by atoms with Crippen LogP contribution >= 0.6 is 0 Å². The van der Waals surface area contributed by atoms with E-state index in [2.05, 4.69) is 22.2 Å². The van der Waals surface area contributed by atoms with Gasteiger partial charge in [0.05, 0.1) is 5.52 Å². The molecule has 3 rings (SSSR count). The molecule has 0 aliphatic carbocycles. The number of aromatic nitrogens is 3. The molecule has 3 heterocycles. The van der Waals surface area contributed by atoms with Crippen molar-refractivity contribution in [3.8, 4) is 0 Å². The number of fused-ring (bicyclic) bond motifs is 1. The van der Waals surface area contributed by atoms with Gasteiger partial charge >= 0.3 is 0 Å². The molecule has 1 N–H and O–H groups in total. The van der Waals surface area contributed by atoms with E-state index in [1.807, 2.05) is 30.3 Å². The highest BCUT2D eigenvalue weighted by Gasteiger charge is 2.23. The van der Waals surface area contributed by atoms with Crippen molar-refractivity contribution in [2.24, 2.45) is 0 Å². The molecule has 0 spiro atoms. The Kier molecular flexibility index (Phi) is 6.94. The lowest BCUT2D eigenvalue weighted by molar-refractivity contribution is 0.0793. The highest BCUT2D eigenvalue weighted by Crippen LogP contribution is 2.15. The van der Waals surface area contributed by atoms with Crippen LogP contribution in [0.25, 0.3) is 5.52 Å². The molecule has 7 nitrogen and oxygen atoms in total. The number of amides is 2. The van der Waals surface area contributed by atoms with Crippen LogP contribution in [0.4, 0.5) is 0 Å². The van der Waals surface area contributed by atoms with Crippen molar-refractivity contribution in [3.05, 3.63) is 66.0 Å². The fourth-order valence-corrected chi connectivity index (χ4v) is 3.14. The lowest BCUT2D eigenvalue weighted by atomic mass is 10.2. The molecular weight excluding hydrogens is 366 g/mol. The second-order valence-corrected chi connectivity index (χ2v) is 7.04. The molecule has 0 aliphatic rings. The van der Waals surface area contributed by atoms with Crippen LogP contribution in [0.5, 0.6) is 0 Å². The smallest absolute Gasteiger partial charge is 0.287 e. The van der Waals surface area contributed by atoms with Gasteiger partial charge in [-0.3, -0.25) is 19.0 Å². The monoisotopic (exact) mass is 393 g/mol. The highest BCUT2D eigenvalue weighted by atomic mass is 16.2. The number of nitrogens with one attached hydrogen (secondary N) is 1. The molecule has 0 bridgehead atoms. The van der Waals surface area contributed by atoms with Gasteiger partial charge in [0.25, 0.3) is 11.8 Å². The number of rotatable bonds is 9. The number of hydrogen-bond acceptors (Lipinski definition) is 4. The summed E-state index contributed by atoms with van der Waals surface area (Å²) in [5, 5.41) is 2.90. The molecule has 0 aliphatic heterocycles. The molecule has 0 atom stereocenters. The lowest BCUT2D eigenvalue weighted by Crippen LogP contribution is -2.29. The third kappa shape index (κ3) is 4.99. The van der Waals surface area contributed by atoms with Crippen LogP contribution in [0, 0.1) is 0 Å². The van der Waals surface area contributed by atoms with Gasteiger partial charge in [-0.05, 0) is 42.7 Å². The van der Waals surface area contributed by atoms with E-state index in [1.54, 1.807) is 34.9 Å². The van der Waals surface area contributed by atoms with Crippen molar-refractivity contribution in [1.29, 1.82) is 0 Å². The molecule has 3 aromatic heterocycles. The van der Waals surface area contributed by atoms with E-state index in [1.165, 1.54) is 0 Å². The minimum atomic E-state index is -0.263. The summed E-state index contributed by atoms with van der Waals surface area (Å²) in [6.07, 6.45) is 9.05. The van der Waals surface area contributed by atoms with Gasteiger partial charge in [0, 0.05) is 38.7 Å². The Morgan fingerprint density at radius 3 is 2.69 bits per heavy atom. The third-order valence-electron chi connectivity index (χ3n) is 4.85. The molecule has 0 fully saturated rings. The predicted molar refractivity (Wildman–Crippen MR) is 112 cm³/mol. The topological polar surface area (TPSA) is 79.6 Å². The summed E-state index contributed by atoms with van der Waals surface area (Å²) in [4.78, 5) is 35.7. The quantitative estimate of drug-likeness (QED) is 0.567. The number of likely N-dealkylation sites (N-methyl/N-ethyl adjacent to an activating group) is 1. The number of nitrogens with zero attached hydrogens (tertiary/aromatic N) is 4. The maximum Gasteiger partial charge on any atom is 0.287 e. The standard InChI is InChI=1S/C22H27N5O2/c1-3-4-6-12-24-21(28)20-25-19(18-8-5-7-15-27(18)20)22(29)26(2)16-11-17-9-13-23-14-10-17/h5,7-10,13-15H,3-4,6,11-12,16H2,1-2H3,(H,24,28). The zero-order chi connectivity index (χ0) is 20.6. The molecule has 0 saturated carbocycles. The summed E-state index contributed by atoms with van der Waals surface area (Å²) in [7, 11) is 1.75. The summed E-state index contributed by atoms with van der Waals surface area (Å²) in [6, 6.07) is 9.35. The van der Waals surface area contributed by atoms with Crippen LogP contribution in [0.3, 0.4) is 0 Å². The molecule has 2 amide bonds. The molecule has 3 aromatic rings. The normalized spacial score (nSPS) is 10.8. The number of imidazole rings is 1. The van der Waals surface area contributed by atoms with Gasteiger partial charge in [0.15, 0.2) is 5.69 Å². The van der Waals surface area contributed by atoms with Crippen LogP contribution in [-0.2, 0) is 6.42 Å². The minimum absolute atomic E-state index is 0.201. The van der Waals surface area contributed by atoms with Crippen LogP contribution in [0.1, 0.15) is 52.9 Å². The minimum Gasteiger partial charge on any atom is -0.349 e. The van der Waals surface area contributed by atoms with Gasteiger partial charge in [-0.25, -0.2) is 4.98 Å². The van der Waals surface area contributed by atoms with Gasteiger partial charge in [-0.1, -0.05) is 25.8 Å². The van der Waals surface area contributed by atoms with Gasteiger partial charge in [0.2, 0.25) is 5.82 Å². The number of unbranched alkanes of at least 4 members (excludes halogenated alkanes) is 2. The molecule has 152 valence electrons. The van der Waals surface area contributed by atoms with Crippen LogP contribution in [0.15, 0.2) is 48.9 Å². The Balaban J connectivity index is 1.76. The van der Waals surface area contributed by atoms with Crippen LogP contribution < -0.4 is 5.32 Å². The molecule has 0 unspecified atom stereocenters. The second kappa shape index (κ2) is 9.82. The average molecular weight is 393 g/mol. The van der Waals surface area contributed by atoms with Crippen molar-refractivity contribution >= 4 is 17.3 Å². The van der Waals surface area contributed by atoms with E-state index < -0.39 is 0 Å². The Labute approximate surface area is 170 Å². The van der Waals surface area contributed by atoms with E-state index in [-0.39, 0.29) is 17.6 Å². The summed E-state index contributed by atoms with van der Waals surface area (Å²) in [6.45, 7) is 3.27. The SMILES string of the molecule is CCCCCNC(=O)c1nc(C(=O)N(C)CCc2ccncc2)c2ccccn12. The zero-order valence-corrected chi connectivity index (χ0v) is 17.0. The highest BCUT2D eigenvalue weighted by molar-refractivity contribution is 6.02. The maximum absolute atomic E-state index is 13.0. The fraction of sp³-hybridized carbons (Fsp3) is 0.364. The number of carbonyl (C=O) groups excluding carboxylic acids is 2. The van der Waals surface area contributed by atoms with E-state index in [0.29, 0.717) is 24.3 Å². The molecule has 7 heteroatoms. The fourth-order valence-electron chi connectivity index (χ4n) is 3.14. The third-order valence-corrected chi connectivity index (χ3v) is 4.85. The molecule has 0 aromatic carbocycles. The van der Waals surface area contributed by atoms with Gasteiger partial charge in [0.1, 0.15) is 0 Å². The van der Waals surface area contributed by atoms with Gasteiger partial charge in [-0.2, -0.15) is 0 Å². The van der Waals surface area contributed by atoms with Crippen molar-refractivity contribution in [1.82, 2.24) is 24.6 Å². The zero-order valence-electron chi connectivity index (χ0n) is 17.0. The Morgan fingerprint density at radius 1 is 1.14 bits per heavy atom. The molecule has 0 saturated heterocycles. The van der Waals surface area contributed by atoms with E-state index in [4.69, 9.17) is 0 Å². The summed E-state index contributed by atoms with van der Waals surface area (Å²) in [5.41, 5.74) is 2.04. The first-order valence-corrected chi connectivity index (χ1v) is 10.0. The first-order chi connectivity index (χ1) is 14.1. The van der Waals surface area contributed by atoms with Gasteiger partial charge < -0.3 is 10.2 Å². The summed E-state index contributed by atoms with van der Waals surface area (Å²) in [5.74, 6) is -0.225. The number of hydrogen-bond donors (Lipinski definition) is 1. The van der Waals surface area contributed by atoms with Gasteiger partial charge in [-0.15, -0.1) is 0 Å². The van der Waals surface area contributed by atoms with E-state index in [9.17, 15) is 9.59 Å². The lowest BCUT2D eigenvalue weighted by Gasteiger charge is -2.16. The van der Waals surface area contributed by atoms with E-state index >= 15 is 0 Å². The van der Waals surface area contributed by atoms with Crippen molar-refractivity contribution < 1.29 is 9.59 Å². The Hall–Kier alpha value is -3.22. The van der Waals surface area contributed by atoms with Crippen molar-refractivity contribution in [2.75, 3.05) is 20.1 Å². The summed E-state index contributed by atoms with van der Waals surface area (Å²) < 4.78 is 1.68. The molecule has 29 heavy (non-hydrogen) atoms. The number of carbonyl (C=O) groups is 2. The largest absolute Gasteiger partial charge is 0.349 e. The van der Waals surface area contributed by atoms with Crippen LogP contribution in [-0.4, -0.2) is 51.2 Å². The maximum atomic E-state index is 13.0. The summed E-state index contributed by atoms with van der Waals surface area (Å²) >= 11 is 0. The number of pyridine rings is 2. The Morgan fingerprint density at radius 2 is 1.93 bits per heavy atom. The molecule has 0 radical (unpaired) electrons. The average Bonchev–Trinajstić information content (AvgIpc) is 3.15.